The zero-order valence-corrected chi connectivity index (χ0v) is 22.8. The number of nitrogens with one attached hydrogen (secondary N) is 1. The molecule has 9 heteroatoms. The van der Waals surface area contributed by atoms with Crippen LogP contribution in [0.1, 0.15) is 44.6 Å². The van der Waals surface area contributed by atoms with Crippen molar-refractivity contribution in [1.82, 2.24) is 10.2 Å². The molecule has 1 atom stereocenters. The molecule has 1 saturated carbocycles. The number of halogens is 1. The fraction of sp³-hybridized carbons (Fsp3) is 0.333. The Hall–Kier alpha value is -3.72. The van der Waals surface area contributed by atoms with E-state index in [1.165, 1.54) is 29.2 Å². The van der Waals surface area contributed by atoms with E-state index in [9.17, 15) is 22.4 Å². The summed E-state index contributed by atoms with van der Waals surface area (Å²) in [6.07, 6.45) is 5.05. The van der Waals surface area contributed by atoms with E-state index in [4.69, 9.17) is 0 Å². The van der Waals surface area contributed by atoms with Crippen molar-refractivity contribution in [3.8, 4) is 0 Å². The maximum atomic E-state index is 13.9. The van der Waals surface area contributed by atoms with Crippen LogP contribution in [0.15, 0.2) is 89.8 Å². The first-order chi connectivity index (χ1) is 18.8. The highest BCUT2D eigenvalue weighted by atomic mass is 32.2. The van der Waals surface area contributed by atoms with E-state index < -0.39 is 34.3 Å². The van der Waals surface area contributed by atoms with Crippen LogP contribution in [0.4, 0.5) is 10.1 Å². The normalized spacial score (nSPS) is 14.8. The van der Waals surface area contributed by atoms with Gasteiger partial charge in [-0.2, -0.15) is 0 Å². The Morgan fingerprint density at radius 2 is 1.49 bits per heavy atom. The van der Waals surface area contributed by atoms with Crippen LogP contribution in [0, 0.1) is 5.82 Å². The standard InChI is InChI=1S/C30H34FN3O4S/c1-23(30(36)32-26-13-7-3-8-14-26)33(21-24-11-5-2-6-12-24)29(35)22-34(27-19-17-25(31)18-20-27)39(37,38)28-15-9-4-10-16-28/h2,4-6,9-12,15-20,23,26H,3,7-8,13-14,21-22H2,1H3,(H,32,36)/t23-/m0/s1. The van der Waals surface area contributed by atoms with Crippen molar-refractivity contribution in [3.63, 3.8) is 0 Å². The van der Waals surface area contributed by atoms with Gasteiger partial charge in [0.2, 0.25) is 11.8 Å². The highest BCUT2D eigenvalue weighted by Crippen LogP contribution is 2.25. The fourth-order valence-corrected chi connectivity index (χ4v) is 6.22. The highest BCUT2D eigenvalue weighted by Gasteiger charge is 2.33. The van der Waals surface area contributed by atoms with E-state index in [2.05, 4.69) is 5.32 Å². The Morgan fingerprint density at radius 3 is 2.10 bits per heavy atom. The Balaban J connectivity index is 1.64. The van der Waals surface area contributed by atoms with Crippen molar-refractivity contribution in [2.45, 2.75) is 62.6 Å². The Labute approximate surface area is 229 Å². The maximum absolute atomic E-state index is 13.9. The van der Waals surface area contributed by atoms with Gasteiger partial charge in [-0.05, 0) is 61.7 Å². The van der Waals surface area contributed by atoms with Crippen molar-refractivity contribution in [2.24, 2.45) is 0 Å². The number of carbonyl (C=O) groups is 2. The topological polar surface area (TPSA) is 86.8 Å². The summed E-state index contributed by atoms with van der Waals surface area (Å²) in [6.45, 7) is 1.23. The van der Waals surface area contributed by atoms with E-state index in [-0.39, 0.29) is 29.1 Å². The molecule has 2 amide bonds. The smallest absolute Gasteiger partial charge is 0.264 e. The second kappa shape index (κ2) is 12.9. The molecule has 0 aromatic heterocycles. The molecule has 39 heavy (non-hydrogen) atoms. The summed E-state index contributed by atoms with van der Waals surface area (Å²) in [5.41, 5.74) is 0.954. The van der Waals surface area contributed by atoms with Crippen LogP contribution in [0.25, 0.3) is 0 Å². The van der Waals surface area contributed by atoms with Crippen molar-refractivity contribution in [3.05, 3.63) is 96.3 Å². The molecule has 1 fully saturated rings. The van der Waals surface area contributed by atoms with E-state index in [1.807, 2.05) is 30.3 Å². The third-order valence-corrected chi connectivity index (χ3v) is 8.83. The van der Waals surface area contributed by atoms with Gasteiger partial charge in [-0.3, -0.25) is 13.9 Å². The summed E-state index contributed by atoms with van der Waals surface area (Å²) < 4.78 is 42.0. The molecule has 4 rings (SSSR count). The summed E-state index contributed by atoms with van der Waals surface area (Å²) in [5, 5.41) is 3.08. The van der Waals surface area contributed by atoms with Gasteiger partial charge in [-0.1, -0.05) is 67.8 Å². The lowest BCUT2D eigenvalue weighted by atomic mass is 9.95. The molecule has 0 bridgehead atoms. The maximum Gasteiger partial charge on any atom is 0.264 e. The molecule has 206 valence electrons. The van der Waals surface area contributed by atoms with Gasteiger partial charge >= 0.3 is 0 Å². The van der Waals surface area contributed by atoms with E-state index in [0.717, 1.165) is 54.1 Å². The number of benzene rings is 3. The van der Waals surface area contributed by atoms with Crippen molar-refractivity contribution < 1.29 is 22.4 Å². The second-order valence-electron chi connectivity index (χ2n) is 9.83. The van der Waals surface area contributed by atoms with Crippen molar-refractivity contribution >= 4 is 27.5 Å². The fourth-order valence-electron chi connectivity index (χ4n) is 4.79. The molecule has 3 aromatic carbocycles. The van der Waals surface area contributed by atoms with Crippen LogP contribution >= 0.6 is 0 Å². The molecule has 0 radical (unpaired) electrons. The van der Waals surface area contributed by atoms with Gasteiger partial charge in [-0.15, -0.1) is 0 Å². The first-order valence-corrected chi connectivity index (χ1v) is 14.7. The Morgan fingerprint density at radius 1 is 0.897 bits per heavy atom. The molecule has 3 aromatic rings. The minimum Gasteiger partial charge on any atom is -0.352 e. The van der Waals surface area contributed by atoms with E-state index in [1.54, 1.807) is 25.1 Å². The molecule has 0 saturated heterocycles. The number of sulfonamides is 1. The first kappa shape index (κ1) is 28.3. The van der Waals surface area contributed by atoms with Crippen LogP contribution in [-0.2, 0) is 26.2 Å². The minimum atomic E-state index is -4.17. The second-order valence-corrected chi connectivity index (χ2v) is 11.7. The molecule has 0 aliphatic heterocycles. The van der Waals surface area contributed by atoms with Gasteiger partial charge in [-0.25, -0.2) is 12.8 Å². The van der Waals surface area contributed by atoms with Crippen LogP contribution < -0.4 is 9.62 Å². The summed E-state index contributed by atoms with van der Waals surface area (Å²) in [4.78, 5) is 28.6. The average Bonchev–Trinajstić information content (AvgIpc) is 2.96. The van der Waals surface area contributed by atoms with Gasteiger partial charge in [0.1, 0.15) is 18.4 Å². The van der Waals surface area contributed by atoms with Gasteiger partial charge in [0.05, 0.1) is 10.6 Å². The molecule has 0 heterocycles. The van der Waals surface area contributed by atoms with Crippen LogP contribution in [0.5, 0.6) is 0 Å². The molecule has 1 N–H and O–H groups in total. The van der Waals surface area contributed by atoms with Gasteiger partial charge in [0.25, 0.3) is 10.0 Å². The molecule has 1 aliphatic rings. The Kier molecular flexibility index (Phi) is 9.35. The number of nitrogens with zero attached hydrogens (tertiary/aromatic N) is 2. The summed E-state index contributed by atoms with van der Waals surface area (Å²) in [7, 11) is -4.17. The number of carbonyl (C=O) groups excluding carboxylic acids is 2. The number of hydrogen-bond acceptors (Lipinski definition) is 4. The molecule has 7 nitrogen and oxygen atoms in total. The predicted octanol–water partition coefficient (Wildman–Crippen LogP) is 4.89. The van der Waals surface area contributed by atoms with Crippen LogP contribution in [0.3, 0.4) is 0 Å². The SMILES string of the molecule is C[C@@H](C(=O)NC1CCCCC1)N(Cc1ccccc1)C(=O)CN(c1ccc(F)cc1)S(=O)(=O)c1ccccc1. The molecular weight excluding hydrogens is 517 g/mol. The molecule has 1 aliphatic carbocycles. The molecule has 0 spiro atoms. The van der Waals surface area contributed by atoms with Crippen LogP contribution in [0.2, 0.25) is 0 Å². The molecule has 0 unspecified atom stereocenters. The van der Waals surface area contributed by atoms with Crippen molar-refractivity contribution in [1.29, 1.82) is 0 Å². The van der Waals surface area contributed by atoms with Gasteiger partial charge < -0.3 is 10.2 Å². The first-order valence-electron chi connectivity index (χ1n) is 13.2. The van der Waals surface area contributed by atoms with E-state index >= 15 is 0 Å². The quantitative estimate of drug-likeness (QED) is 0.389. The number of hydrogen-bond donors (Lipinski definition) is 1. The van der Waals surface area contributed by atoms with Gasteiger partial charge in [0.15, 0.2) is 0 Å². The predicted molar refractivity (Wildman–Crippen MR) is 149 cm³/mol. The zero-order valence-electron chi connectivity index (χ0n) is 22.0. The molecular formula is C30H34FN3O4S. The lowest BCUT2D eigenvalue weighted by Crippen LogP contribution is -2.53. The average molecular weight is 552 g/mol. The van der Waals surface area contributed by atoms with E-state index in [0.29, 0.717) is 0 Å². The van der Waals surface area contributed by atoms with Crippen molar-refractivity contribution in [2.75, 3.05) is 10.8 Å². The monoisotopic (exact) mass is 551 g/mol. The number of anilines is 1. The lowest BCUT2D eigenvalue weighted by molar-refractivity contribution is -0.139. The minimum absolute atomic E-state index is 0.000163. The third kappa shape index (κ3) is 7.23. The number of rotatable bonds is 10. The van der Waals surface area contributed by atoms with Crippen LogP contribution in [-0.4, -0.2) is 43.8 Å². The zero-order chi connectivity index (χ0) is 27.8. The summed E-state index contributed by atoms with van der Waals surface area (Å²) >= 11 is 0. The Bertz CT molecular complexity index is 1350. The number of amides is 2. The summed E-state index contributed by atoms with van der Waals surface area (Å²) in [6, 6.07) is 21.2. The third-order valence-electron chi connectivity index (χ3n) is 7.04. The van der Waals surface area contributed by atoms with Gasteiger partial charge in [0, 0.05) is 12.6 Å². The summed E-state index contributed by atoms with van der Waals surface area (Å²) in [5.74, 6) is -1.35. The lowest BCUT2D eigenvalue weighted by Gasteiger charge is -2.33. The highest BCUT2D eigenvalue weighted by molar-refractivity contribution is 7.92. The largest absolute Gasteiger partial charge is 0.352 e.